The number of anilines is 1. The summed E-state index contributed by atoms with van der Waals surface area (Å²) in [5, 5.41) is 9.15. The zero-order valence-electron chi connectivity index (χ0n) is 16.6. The fraction of sp³-hybridized carbons (Fsp3) is 0.348. The van der Waals surface area contributed by atoms with Gasteiger partial charge in [-0.05, 0) is 53.5 Å². The predicted molar refractivity (Wildman–Crippen MR) is 117 cm³/mol. The second kappa shape index (κ2) is 7.97. The number of aliphatic imine (C=N–C) groups is 1. The fourth-order valence-corrected chi connectivity index (χ4v) is 3.29. The van der Waals surface area contributed by atoms with E-state index in [1.54, 1.807) is 0 Å². The first-order valence-electron chi connectivity index (χ1n) is 9.57. The molecule has 1 aliphatic rings. The third kappa shape index (κ3) is 4.58. The third-order valence-corrected chi connectivity index (χ3v) is 4.92. The van der Waals surface area contributed by atoms with Crippen LogP contribution >= 0.6 is 0 Å². The van der Waals surface area contributed by atoms with Crippen molar-refractivity contribution in [3.05, 3.63) is 66.0 Å². The largest absolute Gasteiger partial charge is 0.342 e. The lowest BCUT2D eigenvalue weighted by atomic mass is 9.87. The first kappa shape index (κ1) is 19.2. The molecule has 142 valence electrons. The molecule has 0 atom stereocenters. The van der Waals surface area contributed by atoms with Crippen molar-refractivity contribution in [3.63, 3.8) is 0 Å². The molecule has 4 N–H and O–H groups in total. The van der Waals surface area contributed by atoms with Gasteiger partial charge in [0.1, 0.15) is 11.7 Å². The maximum atomic E-state index is 5.68. The summed E-state index contributed by atoms with van der Waals surface area (Å²) < 4.78 is 0. The molecule has 0 aliphatic carbocycles. The van der Waals surface area contributed by atoms with E-state index in [1.807, 2.05) is 0 Å². The summed E-state index contributed by atoms with van der Waals surface area (Å²) in [5.74, 6) is 1.58. The lowest BCUT2D eigenvalue weighted by molar-refractivity contribution is 0.499. The second-order valence-corrected chi connectivity index (χ2v) is 8.06. The minimum Gasteiger partial charge on any atom is -0.342 e. The average molecular weight is 363 g/mol. The van der Waals surface area contributed by atoms with Crippen molar-refractivity contribution in [1.29, 1.82) is 0 Å². The average Bonchev–Trinajstić information content (AvgIpc) is 3.10. The van der Waals surface area contributed by atoms with Gasteiger partial charge in [-0.2, -0.15) is 0 Å². The summed E-state index contributed by atoms with van der Waals surface area (Å²) in [7, 11) is 0. The number of nitrogens with two attached hydrogens (primary N) is 1. The molecule has 0 amide bonds. The van der Waals surface area contributed by atoms with Crippen LogP contribution in [-0.2, 0) is 6.42 Å². The Morgan fingerprint density at radius 1 is 1.11 bits per heavy atom. The number of hydrogen-bond acceptors (Lipinski definition) is 4. The summed E-state index contributed by atoms with van der Waals surface area (Å²) in [6.07, 6.45) is 4.11. The fourth-order valence-electron chi connectivity index (χ4n) is 3.29. The lowest BCUT2D eigenvalue weighted by Gasteiger charge is -2.19. The Kier molecular flexibility index (Phi) is 5.66. The number of fused-ring (bicyclic) bond motifs is 1. The Bertz CT molecular complexity index is 900. The Hall–Kier alpha value is -2.59. The number of aryl methyl sites for hydroxylation is 1. The molecule has 27 heavy (non-hydrogen) atoms. The number of benzene rings is 2. The van der Waals surface area contributed by atoms with Crippen molar-refractivity contribution >= 4 is 22.3 Å². The zero-order chi connectivity index (χ0) is 19.4. The van der Waals surface area contributed by atoms with E-state index in [0.29, 0.717) is 6.54 Å². The molecular weight excluding hydrogens is 332 g/mol. The maximum Gasteiger partial charge on any atom is 0.126 e. The van der Waals surface area contributed by atoms with Gasteiger partial charge in [0.05, 0.1) is 6.54 Å². The number of nitrogens with one attached hydrogen (secondary N) is 2. The Morgan fingerprint density at radius 3 is 2.52 bits per heavy atom. The smallest absolute Gasteiger partial charge is 0.126 e. The highest BCUT2D eigenvalue weighted by Gasteiger charge is 2.21. The number of hydrogen-bond donors (Lipinski definition) is 3. The van der Waals surface area contributed by atoms with E-state index in [9.17, 15) is 0 Å². The van der Waals surface area contributed by atoms with Crippen molar-refractivity contribution in [2.24, 2.45) is 16.1 Å². The molecule has 0 saturated carbocycles. The number of nitrogens with zero attached hydrogens (tertiary/aromatic N) is 1. The second-order valence-electron chi connectivity index (χ2n) is 8.06. The highest BCUT2D eigenvalue weighted by molar-refractivity contribution is 5.99. The summed E-state index contributed by atoms with van der Waals surface area (Å²) in [5.41, 5.74) is 9.52. The molecule has 0 unspecified atom stereocenters. The molecule has 0 bridgehead atoms. The summed E-state index contributed by atoms with van der Waals surface area (Å²) >= 11 is 0. The van der Waals surface area contributed by atoms with Crippen molar-refractivity contribution in [3.8, 4) is 0 Å². The quantitative estimate of drug-likeness (QED) is 0.704. The van der Waals surface area contributed by atoms with Crippen LogP contribution in [0.15, 0.2) is 65.4 Å². The predicted octanol–water partition coefficient (Wildman–Crippen LogP) is 4.59. The molecule has 0 radical (unpaired) electrons. The SMILES string of the molecule is C=C(NC1=NCC(C(C)(C)C)=C1)Nc1ccc(CCCN)c2ccccc12. The van der Waals surface area contributed by atoms with Crippen LogP contribution in [0.5, 0.6) is 0 Å². The van der Waals surface area contributed by atoms with Crippen LogP contribution < -0.4 is 16.4 Å². The highest BCUT2D eigenvalue weighted by atomic mass is 15.1. The van der Waals surface area contributed by atoms with Crippen LogP contribution in [0.2, 0.25) is 0 Å². The van der Waals surface area contributed by atoms with Crippen molar-refractivity contribution in [2.45, 2.75) is 33.6 Å². The first-order valence-corrected chi connectivity index (χ1v) is 9.57. The van der Waals surface area contributed by atoms with E-state index in [-0.39, 0.29) is 5.41 Å². The van der Waals surface area contributed by atoms with Crippen LogP contribution in [0.1, 0.15) is 32.8 Å². The van der Waals surface area contributed by atoms with Gasteiger partial charge >= 0.3 is 0 Å². The standard InChI is InChI=1S/C23H30N4/c1-16(27-22-14-18(15-25-22)23(2,3)4)26-21-12-11-17(8-7-13-24)19-9-5-6-10-20(19)21/h5-6,9-12,14,26H,1,7-8,13,15,24H2,2-4H3,(H,25,27). The van der Waals surface area contributed by atoms with E-state index in [0.717, 1.165) is 36.7 Å². The van der Waals surface area contributed by atoms with Gasteiger partial charge in [0.2, 0.25) is 0 Å². The van der Waals surface area contributed by atoms with Gasteiger partial charge in [-0.3, -0.25) is 4.99 Å². The van der Waals surface area contributed by atoms with Gasteiger partial charge in [0.25, 0.3) is 0 Å². The highest BCUT2D eigenvalue weighted by Crippen LogP contribution is 2.29. The minimum absolute atomic E-state index is 0.136. The summed E-state index contributed by atoms with van der Waals surface area (Å²) in [6, 6.07) is 12.8. The van der Waals surface area contributed by atoms with E-state index in [2.05, 4.69) is 85.5 Å². The monoisotopic (exact) mass is 362 g/mol. The van der Waals surface area contributed by atoms with Gasteiger partial charge < -0.3 is 16.4 Å². The summed E-state index contributed by atoms with van der Waals surface area (Å²) in [4.78, 5) is 4.58. The molecule has 3 rings (SSSR count). The normalized spacial score (nSPS) is 14.1. The lowest BCUT2D eigenvalue weighted by Crippen LogP contribution is -2.24. The van der Waals surface area contributed by atoms with Crippen LogP contribution in [0, 0.1) is 5.41 Å². The number of amidine groups is 1. The molecule has 4 nitrogen and oxygen atoms in total. The topological polar surface area (TPSA) is 62.4 Å². The first-order chi connectivity index (χ1) is 12.9. The van der Waals surface area contributed by atoms with E-state index in [4.69, 9.17) is 5.73 Å². The van der Waals surface area contributed by atoms with Gasteiger partial charge in [-0.25, -0.2) is 0 Å². The van der Waals surface area contributed by atoms with Crippen molar-refractivity contribution in [1.82, 2.24) is 5.32 Å². The van der Waals surface area contributed by atoms with Crippen LogP contribution in [0.4, 0.5) is 5.69 Å². The molecule has 0 spiro atoms. The molecule has 4 heteroatoms. The number of rotatable bonds is 6. The van der Waals surface area contributed by atoms with Gasteiger partial charge in [0, 0.05) is 11.1 Å². The maximum absolute atomic E-state index is 5.68. The Morgan fingerprint density at radius 2 is 1.85 bits per heavy atom. The van der Waals surface area contributed by atoms with E-state index >= 15 is 0 Å². The van der Waals surface area contributed by atoms with Crippen molar-refractivity contribution < 1.29 is 0 Å². The molecule has 2 aromatic rings. The molecule has 0 fully saturated rings. The third-order valence-electron chi connectivity index (χ3n) is 4.92. The molecule has 0 saturated heterocycles. The minimum atomic E-state index is 0.136. The Balaban J connectivity index is 1.75. The molecule has 1 aliphatic heterocycles. The van der Waals surface area contributed by atoms with Gasteiger partial charge in [0.15, 0.2) is 0 Å². The van der Waals surface area contributed by atoms with Crippen molar-refractivity contribution in [2.75, 3.05) is 18.4 Å². The molecular formula is C23H30N4. The van der Waals surface area contributed by atoms with Crippen LogP contribution in [0.3, 0.4) is 0 Å². The van der Waals surface area contributed by atoms with E-state index < -0.39 is 0 Å². The molecule has 1 heterocycles. The summed E-state index contributed by atoms with van der Waals surface area (Å²) in [6.45, 7) is 12.2. The van der Waals surface area contributed by atoms with Gasteiger partial charge in [-0.1, -0.05) is 57.7 Å². The molecule has 2 aromatic carbocycles. The Labute approximate surface area is 162 Å². The van der Waals surface area contributed by atoms with E-state index in [1.165, 1.54) is 21.9 Å². The van der Waals surface area contributed by atoms with Crippen LogP contribution in [-0.4, -0.2) is 18.9 Å². The van der Waals surface area contributed by atoms with Gasteiger partial charge in [-0.15, -0.1) is 0 Å². The van der Waals surface area contributed by atoms with Crippen LogP contribution in [0.25, 0.3) is 10.8 Å². The zero-order valence-corrected chi connectivity index (χ0v) is 16.6. The molecule has 0 aromatic heterocycles.